The Morgan fingerprint density at radius 2 is 2.00 bits per heavy atom. The summed E-state index contributed by atoms with van der Waals surface area (Å²) in [5.74, 6) is 0. The van der Waals surface area contributed by atoms with Crippen molar-refractivity contribution >= 4 is 6.09 Å². The summed E-state index contributed by atoms with van der Waals surface area (Å²) in [7, 11) is 0. The van der Waals surface area contributed by atoms with Gasteiger partial charge in [-0.2, -0.15) is 0 Å². The van der Waals surface area contributed by atoms with E-state index in [0.717, 1.165) is 12.8 Å². The summed E-state index contributed by atoms with van der Waals surface area (Å²) >= 11 is 0. The molecule has 0 spiro atoms. The van der Waals surface area contributed by atoms with Crippen LogP contribution in [0.2, 0.25) is 0 Å². The molecule has 0 aromatic heterocycles. The zero-order chi connectivity index (χ0) is 15.4. The molecule has 0 radical (unpaired) electrons. The van der Waals surface area contributed by atoms with Crippen molar-refractivity contribution in [3.05, 3.63) is 47.5 Å². The number of carbonyl (C=O) groups is 1. The molecule has 3 rings (SSSR count). The zero-order valence-corrected chi connectivity index (χ0v) is 13.3. The Morgan fingerprint density at radius 1 is 1.18 bits per heavy atom. The lowest BCUT2D eigenvalue weighted by molar-refractivity contribution is 0.157. The minimum atomic E-state index is -0.147. The highest BCUT2D eigenvalue weighted by atomic mass is 16.6. The standard InChI is InChI=1S/C19H25NO2/c1-2-3-4-8-11-16-13-18(16)20-17(14-22-19(20)21)12-15-9-6-5-7-10-15/h5-7,9-10,13,17-18H,2-4,8,11-12,14H2,1H3/t17-,18+/m0/s1. The molecule has 1 amide bonds. The number of hydrogen-bond donors (Lipinski definition) is 0. The molecule has 2 aliphatic rings. The molecular formula is C19H25NO2. The van der Waals surface area contributed by atoms with E-state index in [-0.39, 0.29) is 18.2 Å². The van der Waals surface area contributed by atoms with Gasteiger partial charge in [0.05, 0.1) is 12.1 Å². The third kappa shape index (κ3) is 3.52. The molecule has 1 heterocycles. The number of amides is 1. The van der Waals surface area contributed by atoms with Crippen molar-refractivity contribution < 1.29 is 9.53 Å². The molecule has 118 valence electrons. The maximum Gasteiger partial charge on any atom is 0.410 e. The van der Waals surface area contributed by atoms with E-state index in [4.69, 9.17) is 4.74 Å². The first-order valence-electron chi connectivity index (χ1n) is 8.49. The fourth-order valence-corrected chi connectivity index (χ4v) is 3.26. The van der Waals surface area contributed by atoms with Crippen molar-refractivity contribution in [2.45, 2.75) is 57.5 Å². The summed E-state index contributed by atoms with van der Waals surface area (Å²) in [6.45, 7) is 2.74. The van der Waals surface area contributed by atoms with Gasteiger partial charge in [-0.05, 0) is 30.4 Å². The second-order valence-corrected chi connectivity index (χ2v) is 6.32. The highest BCUT2D eigenvalue weighted by Crippen LogP contribution is 2.35. The third-order valence-corrected chi connectivity index (χ3v) is 4.58. The van der Waals surface area contributed by atoms with Crippen LogP contribution >= 0.6 is 0 Å². The summed E-state index contributed by atoms with van der Waals surface area (Å²) < 4.78 is 5.30. The van der Waals surface area contributed by atoms with Gasteiger partial charge in [0.25, 0.3) is 0 Å². The maximum absolute atomic E-state index is 12.0. The summed E-state index contributed by atoms with van der Waals surface area (Å²) in [4.78, 5) is 14.0. The number of benzene rings is 1. The Bertz CT molecular complexity index is 538. The highest BCUT2D eigenvalue weighted by molar-refractivity contribution is 5.73. The number of nitrogens with zero attached hydrogens (tertiary/aromatic N) is 1. The summed E-state index contributed by atoms with van der Waals surface area (Å²) in [6.07, 6.45) is 9.19. The lowest BCUT2D eigenvalue weighted by atomic mass is 10.1. The van der Waals surface area contributed by atoms with Gasteiger partial charge in [-0.1, -0.05) is 62.6 Å². The largest absolute Gasteiger partial charge is 0.447 e. The molecule has 0 saturated carbocycles. The molecule has 0 N–H and O–H groups in total. The van der Waals surface area contributed by atoms with Crippen molar-refractivity contribution in [2.24, 2.45) is 0 Å². The average molecular weight is 299 g/mol. The minimum absolute atomic E-state index is 0.147. The Morgan fingerprint density at radius 3 is 2.77 bits per heavy atom. The normalized spacial score (nSPS) is 23.4. The van der Waals surface area contributed by atoms with Crippen LogP contribution in [0.3, 0.4) is 0 Å². The van der Waals surface area contributed by atoms with E-state index in [9.17, 15) is 4.79 Å². The number of rotatable bonds is 8. The van der Waals surface area contributed by atoms with Crippen LogP contribution < -0.4 is 0 Å². The van der Waals surface area contributed by atoms with Gasteiger partial charge in [0.15, 0.2) is 0 Å². The summed E-state index contributed by atoms with van der Waals surface area (Å²) in [5.41, 5.74) is 2.69. The van der Waals surface area contributed by atoms with Crippen molar-refractivity contribution in [1.82, 2.24) is 4.90 Å². The first-order chi connectivity index (χ1) is 10.8. The van der Waals surface area contributed by atoms with Crippen LogP contribution in [0, 0.1) is 0 Å². The van der Waals surface area contributed by atoms with E-state index in [1.54, 1.807) is 0 Å². The van der Waals surface area contributed by atoms with Gasteiger partial charge in [0.2, 0.25) is 0 Å². The number of hydrogen-bond acceptors (Lipinski definition) is 2. The van der Waals surface area contributed by atoms with Crippen molar-refractivity contribution in [3.8, 4) is 0 Å². The van der Waals surface area contributed by atoms with Crippen molar-refractivity contribution in [3.63, 3.8) is 0 Å². The van der Waals surface area contributed by atoms with E-state index in [1.807, 2.05) is 23.1 Å². The third-order valence-electron chi connectivity index (χ3n) is 4.58. The van der Waals surface area contributed by atoms with E-state index in [1.165, 1.54) is 36.8 Å². The molecule has 1 aliphatic carbocycles. The fourth-order valence-electron chi connectivity index (χ4n) is 3.26. The average Bonchev–Trinajstić information content (AvgIpc) is 3.20. The highest BCUT2D eigenvalue weighted by Gasteiger charge is 2.43. The quantitative estimate of drug-likeness (QED) is 0.528. The van der Waals surface area contributed by atoms with Crippen LogP contribution in [-0.4, -0.2) is 29.7 Å². The van der Waals surface area contributed by atoms with Crippen molar-refractivity contribution in [2.75, 3.05) is 6.61 Å². The predicted molar refractivity (Wildman–Crippen MR) is 87.8 cm³/mol. The Labute approximate surface area is 133 Å². The van der Waals surface area contributed by atoms with Crippen LogP contribution in [0.15, 0.2) is 42.0 Å². The molecule has 0 bridgehead atoms. The van der Waals surface area contributed by atoms with E-state index < -0.39 is 0 Å². The maximum atomic E-state index is 12.0. The van der Waals surface area contributed by atoms with Gasteiger partial charge >= 0.3 is 6.09 Å². The van der Waals surface area contributed by atoms with Gasteiger partial charge in [0, 0.05) is 0 Å². The minimum Gasteiger partial charge on any atom is -0.447 e. The van der Waals surface area contributed by atoms with Gasteiger partial charge in [-0.3, -0.25) is 4.90 Å². The number of ether oxygens (including phenoxy) is 1. The number of unbranched alkanes of at least 4 members (excludes halogenated alkanes) is 3. The summed E-state index contributed by atoms with van der Waals surface area (Å²) in [5, 5.41) is 0. The molecule has 1 fully saturated rings. The lowest BCUT2D eigenvalue weighted by Crippen LogP contribution is -2.38. The molecule has 22 heavy (non-hydrogen) atoms. The fraction of sp³-hybridized carbons (Fsp3) is 0.526. The van der Waals surface area contributed by atoms with Gasteiger partial charge in [0.1, 0.15) is 6.61 Å². The molecule has 1 aromatic carbocycles. The molecule has 0 unspecified atom stereocenters. The molecule has 1 aliphatic heterocycles. The zero-order valence-electron chi connectivity index (χ0n) is 13.3. The molecule has 3 nitrogen and oxygen atoms in total. The monoisotopic (exact) mass is 299 g/mol. The second kappa shape index (κ2) is 6.99. The van der Waals surface area contributed by atoms with Gasteiger partial charge < -0.3 is 4.74 Å². The first kappa shape index (κ1) is 15.1. The van der Waals surface area contributed by atoms with Crippen LogP contribution in [0.5, 0.6) is 0 Å². The molecule has 3 heteroatoms. The number of cyclic esters (lactones) is 1. The SMILES string of the molecule is CCCCCCC1=C[C@H]1N1C(=O)OC[C@@H]1Cc1ccccc1. The van der Waals surface area contributed by atoms with E-state index in [2.05, 4.69) is 25.1 Å². The molecule has 2 atom stereocenters. The van der Waals surface area contributed by atoms with Crippen LogP contribution in [0.4, 0.5) is 4.79 Å². The molecule has 1 aromatic rings. The van der Waals surface area contributed by atoms with Crippen LogP contribution in [-0.2, 0) is 11.2 Å². The predicted octanol–water partition coefficient (Wildman–Crippen LogP) is 4.33. The molecule has 1 saturated heterocycles. The molecular weight excluding hydrogens is 274 g/mol. The van der Waals surface area contributed by atoms with E-state index >= 15 is 0 Å². The second-order valence-electron chi connectivity index (χ2n) is 6.32. The van der Waals surface area contributed by atoms with Crippen LogP contribution in [0.1, 0.15) is 44.6 Å². The Hall–Kier alpha value is -1.77. The Kier molecular flexibility index (Phi) is 4.81. The van der Waals surface area contributed by atoms with Gasteiger partial charge in [-0.25, -0.2) is 4.79 Å². The summed E-state index contributed by atoms with van der Waals surface area (Å²) in [6, 6.07) is 10.8. The Balaban J connectivity index is 1.52. The topological polar surface area (TPSA) is 29.5 Å². The van der Waals surface area contributed by atoms with Crippen LogP contribution in [0.25, 0.3) is 0 Å². The number of carbonyl (C=O) groups excluding carboxylic acids is 1. The lowest BCUT2D eigenvalue weighted by Gasteiger charge is -2.22. The first-order valence-corrected chi connectivity index (χ1v) is 8.49. The van der Waals surface area contributed by atoms with E-state index in [0.29, 0.717) is 6.61 Å². The smallest absolute Gasteiger partial charge is 0.410 e. The van der Waals surface area contributed by atoms with Crippen molar-refractivity contribution in [1.29, 1.82) is 0 Å². The van der Waals surface area contributed by atoms with Gasteiger partial charge in [-0.15, -0.1) is 0 Å².